The Kier molecular flexibility index (Phi) is 6.41. The van der Waals surface area contributed by atoms with Crippen molar-refractivity contribution in [2.45, 2.75) is 19.3 Å². The Hall–Kier alpha value is -3.72. The average molecular weight is 467 g/mol. The van der Waals surface area contributed by atoms with E-state index in [9.17, 15) is 4.79 Å². The first-order valence-corrected chi connectivity index (χ1v) is 10.8. The van der Waals surface area contributed by atoms with E-state index in [1.165, 1.54) is 0 Å². The normalized spacial score (nSPS) is 12.8. The van der Waals surface area contributed by atoms with Crippen LogP contribution in [0.4, 0.5) is 0 Å². The monoisotopic (exact) mass is 466 g/mol. The molecular formula is C23H23ClN6O3. The zero-order chi connectivity index (χ0) is 23.4. The number of carbonyl (C=O) groups excluding carboxylic acids is 1. The number of carbonyl (C=O) groups is 1. The van der Waals surface area contributed by atoms with Crippen LogP contribution in [0.2, 0.25) is 5.15 Å². The van der Waals surface area contributed by atoms with Crippen molar-refractivity contribution in [2.24, 2.45) is 7.05 Å². The fourth-order valence-electron chi connectivity index (χ4n) is 3.50. The number of halogens is 1. The van der Waals surface area contributed by atoms with Gasteiger partial charge in [-0.2, -0.15) is 5.10 Å². The zero-order valence-corrected chi connectivity index (χ0v) is 19.2. The number of hydrogen-bond acceptors (Lipinski definition) is 7. The predicted octanol–water partition coefficient (Wildman–Crippen LogP) is 3.65. The summed E-state index contributed by atoms with van der Waals surface area (Å²) in [5.74, 6) is 0.220. The minimum Gasteiger partial charge on any atom is -0.478 e. The highest BCUT2D eigenvalue weighted by molar-refractivity contribution is 6.29. The van der Waals surface area contributed by atoms with E-state index < -0.39 is 11.3 Å². The van der Waals surface area contributed by atoms with Crippen LogP contribution in [0.5, 0.6) is 5.88 Å². The van der Waals surface area contributed by atoms with Gasteiger partial charge in [0.25, 0.3) is 0 Å². The third-order valence-electron chi connectivity index (χ3n) is 5.28. The van der Waals surface area contributed by atoms with Crippen LogP contribution in [-0.2, 0) is 12.5 Å². The number of ether oxygens (including phenoxy) is 1. The molecule has 1 unspecified atom stereocenters. The number of amides is 1. The Morgan fingerprint density at radius 3 is 2.70 bits per heavy atom. The largest absolute Gasteiger partial charge is 0.478 e. The van der Waals surface area contributed by atoms with Crippen LogP contribution < -0.4 is 10.1 Å². The molecule has 3 aromatic heterocycles. The van der Waals surface area contributed by atoms with Crippen LogP contribution in [0.1, 0.15) is 35.8 Å². The van der Waals surface area contributed by atoms with Crippen LogP contribution in [0, 0.1) is 0 Å². The van der Waals surface area contributed by atoms with Crippen LogP contribution in [0.15, 0.2) is 59.1 Å². The van der Waals surface area contributed by atoms with Gasteiger partial charge in [-0.15, -0.1) is 10.2 Å². The number of benzene rings is 1. The van der Waals surface area contributed by atoms with Crippen molar-refractivity contribution in [3.05, 3.63) is 77.0 Å². The minimum atomic E-state index is -0.804. The van der Waals surface area contributed by atoms with E-state index in [2.05, 4.69) is 25.6 Å². The fourth-order valence-corrected chi connectivity index (χ4v) is 3.66. The van der Waals surface area contributed by atoms with Gasteiger partial charge in [0.2, 0.25) is 11.8 Å². The molecule has 4 rings (SSSR count). The zero-order valence-electron chi connectivity index (χ0n) is 18.4. The molecule has 1 atom stereocenters. The van der Waals surface area contributed by atoms with Gasteiger partial charge in [0.05, 0.1) is 23.9 Å². The highest BCUT2D eigenvalue weighted by Gasteiger charge is 2.37. The van der Waals surface area contributed by atoms with Crippen LogP contribution in [0.3, 0.4) is 0 Å². The van der Waals surface area contributed by atoms with Gasteiger partial charge in [0.15, 0.2) is 0 Å². The molecule has 0 saturated heterocycles. The summed E-state index contributed by atoms with van der Waals surface area (Å²) in [6.07, 6.45) is 1.71. The maximum atomic E-state index is 12.9. The average Bonchev–Trinajstić information content (AvgIpc) is 3.46. The maximum Gasteiger partial charge on any atom is 0.308 e. The maximum absolute atomic E-state index is 12.9. The topological polar surface area (TPSA) is 108 Å². The molecule has 1 aromatic carbocycles. The summed E-state index contributed by atoms with van der Waals surface area (Å²) in [7, 11) is 1.79. The number of aromatic nitrogens is 5. The van der Waals surface area contributed by atoms with Gasteiger partial charge in [0, 0.05) is 24.7 Å². The van der Waals surface area contributed by atoms with E-state index in [1.54, 1.807) is 24.0 Å². The molecule has 1 amide bonds. The standard InChI is InChI=1S/C23H23ClN6O3/c1-4-32-22-16(13-26-30(22)3)23(2,17-11-8-12-18(24)27-17)14-25-19(31)21-29-28-20(33-21)15-9-6-5-7-10-15/h5-13H,4,14H2,1-3H3,(H,25,31). The van der Waals surface area contributed by atoms with E-state index >= 15 is 0 Å². The second-order valence-electron chi connectivity index (χ2n) is 7.56. The van der Waals surface area contributed by atoms with Crippen molar-refractivity contribution in [2.75, 3.05) is 13.2 Å². The lowest BCUT2D eigenvalue weighted by Gasteiger charge is -2.29. The van der Waals surface area contributed by atoms with Gasteiger partial charge in [0.1, 0.15) is 5.15 Å². The second-order valence-corrected chi connectivity index (χ2v) is 7.95. The molecule has 0 saturated carbocycles. The highest BCUT2D eigenvalue weighted by atomic mass is 35.5. The summed E-state index contributed by atoms with van der Waals surface area (Å²) in [5, 5.41) is 15.5. The van der Waals surface area contributed by atoms with Crippen molar-refractivity contribution in [1.82, 2.24) is 30.3 Å². The second kappa shape index (κ2) is 9.41. The lowest BCUT2D eigenvalue weighted by molar-refractivity contribution is 0.0912. The van der Waals surface area contributed by atoms with Crippen LogP contribution in [-0.4, -0.2) is 44.0 Å². The molecule has 0 aliphatic heterocycles. The summed E-state index contributed by atoms with van der Waals surface area (Å²) >= 11 is 6.18. The molecule has 0 radical (unpaired) electrons. The Labute approximate surface area is 195 Å². The van der Waals surface area contributed by atoms with Crippen molar-refractivity contribution in [3.8, 4) is 17.3 Å². The molecule has 9 nitrogen and oxygen atoms in total. The van der Waals surface area contributed by atoms with Gasteiger partial charge >= 0.3 is 11.8 Å². The highest BCUT2D eigenvalue weighted by Crippen LogP contribution is 2.36. The van der Waals surface area contributed by atoms with E-state index in [0.717, 1.165) is 11.1 Å². The molecule has 0 fully saturated rings. The molecule has 0 aliphatic rings. The fraction of sp³-hybridized carbons (Fsp3) is 0.261. The minimum absolute atomic E-state index is 0.133. The van der Waals surface area contributed by atoms with Gasteiger partial charge in [-0.25, -0.2) is 9.67 Å². The lowest BCUT2D eigenvalue weighted by Crippen LogP contribution is -2.40. The van der Waals surface area contributed by atoms with Crippen LogP contribution in [0.25, 0.3) is 11.5 Å². The Morgan fingerprint density at radius 2 is 1.97 bits per heavy atom. The first-order valence-electron chi connectivity index (χ1n) is 10.4. The van der Waals surface area contributed by atoms with Crippen molar-refractivity contribution in [3.63, 3.8) is 0 Å². The first-order chi connectivity index (χ1) is 15.9. The van der Waals surface area contributed by atoms with Crippen LogP contribution >= 0.6 is 11.6 Å². The molecule has 10 heteroatoms. The lowest BCUT2D eigenvalue weighted by atomic mass is 9.80. The third-order valence-corrected chi connectivity index (χ3v) is 5.49. The molecule has 0 bridgehead atoms. The molecule has 3 heterocycles. The van der Waals surface area contributed by atoms with Gasteiger partial charge in [-0.3, -0.25) is 4.79 Å². The van der Waals surface area contributed by atoms with E-state index in [4.69, 9.17) is 20.8 Å². The Balaban J connectivity index is 1.63. The number of nitrogens with one attached hydrogen (secondary N) is 1. The number of nitrogens with zero attached hydrogens (tertiary/aromatic N) is 5. The summed E-state index contributed by atoms with van der Waals surface area (Å²) in [6.45, 7) is 4.46. The van der Waals surface area contributed by atoms with E-state index in [-0.39, 0.29) is 18.3 Å². The summed E-state index contributed by atoms with van der Waals surface area (Å²) < 4.78 is 13.1. The van der Waals surface area contributed by atoms with Crippen molar-refractivity contribution >= 4 is 17.5 Å². The molecule has 1 N–H and O–H groups in total. The van der Waals surface area contributed by atoms with Crippen molar-refractivity contribution in [1.29, 1.82) is 0 Å². The number of aryl methyl sites for hydroxylation is 1. The molecular weight excluding hydrogens is 444 g/mol. The van der Waals surface area contributed by atoms with Gasteiger partial charge < -0.3 is 14.5 Å². The predicted molar refractivity (Wildman–Crippen MR) is 122 cm³/mol. The molecule has 170 valence electrons. The summed E-state index contributed by atoms with van der Waals surface area (Å²) in [4.78, 5) is 17.4. The Morgan fingerprint density at radius 1 is 1.18 bits per heavy atom. The molecule has 0 aliphatic carbocycles. The number of hydrogen-bond donors (Lipinski definition) is 1. The summed E-state index contributed by atoms with van der Waals surface area (Å²) in [6, 6.07) is 14.6. The first kappa shape index (κ1) is 22.5. The molecule has 33 heavy (non-hydrogen) atoms. The molecule has 0 spiro atoms. The van der Waals surface area contributed by atoms with Crippen molar-refractivity contribution < 1.29 is 13.9 Å². The third kappa shape index (κ3) is 4.58. The molecule has 4 aromatic rings. The number of pyridine rings is 1. The van der Waals surface area contributed by atoms with Gasteiger partial charge in [-0.1, -0.05) is 35.9 Å². The van der Waals surface area contributed by atoms with E-state index in [0.29, 0.717) is 23.3 Å². The number of rotatable bonds is 8. The SMILES string of the molecule is CCOc1c(C(C)(CNC(=O)c2nnc(-c3ccccc3)o2)c2cccc(Cl)n2)cnn1C. The quantitative estimate of drug-likeness (QED) is 0.395. The van der Waals surface area contributed by atoms with Gasteiger partial charge in [-0.05, 0) is 38.1 Å². The summed E-state index contributed by atoms with van der Waals surface area (Å²) in [5.41, 5.74) is 1.34. The smallest absolute Gasteiger partial charge is 0.308 e. The van der Waals surface area contributed by atoms with E-state index in [1.807, 2.05) is 56.3 Å². The Bertz CT molecular complexity index is 1260.